The molecule has 0 aromatic heterocycles. The number of Topliss-reactive ketones (excluding diaryl/α,β-unsaturated/α-hetero) is 1. The molecule has 1 aliphatic rings. The summed E-state index contributed by atoms with van der Waals surface area (Å²) in [5.41, 5.74) is 0.788. The van der Waals surface area contributed by atoms with E-state index in [9.17, 15) is 4.79 Å². The van der Waals surface area contributed by atoms with Gasteiger partial charge in [-0.15, -0.1) is 6.42 Å². The Morgan fingerprint density at radius 1 is 1.50 bits per heavy atom. The molecule has 0 aromatic carbocycles. The van der Waals surface area contributed by atoms with Crippen molar-refractivity contribution < 1.29 is 9.53 Å². The van der Waals surface area contributed by atoms with Gasteiger partial charge >= 0.3 is 0 Å². The molecular weight excluding hydrogens is 152 g/mol. The molecule has 1 aliphatic carbocycles. The number of hydrogen-bond acceptors (Lipinski definition) is 2. The second kappa shape index (κ2) is 4.61. The third-order valence-corrected chi connectivity index (χ3v) is 1.85. The molecule has 0 amide bonds. The number of carbonyl (C=O) groups is 1. The first-order chi connectivity index (χ1) is 5.84. The number of hydrogen-bond donors (Lipinski definition) is 0. The van der Waals surface area contributed by atoms with Crippen LogP contribution in [-0.2, 0) is 9.53 Å². The van der Waals surface area contributed by atoms with Crippen molar-refractivity contribution >= 4 is 5.78 Å². The van der Waals surface area contributed by atoms with Gasteiger partial charge in [0.25, 0.3) is 0 Å². The van der Waals surface area contributed by atoms with E-state index in [1.165, 1.54) is 6.26 Å². The Kier molecular flexibility index (Phi) is 3.40. The number of ether oxygens (including phenoxy) is 1. The molecule has 0 unspecified atom stereocenters. The molecular formula is C10H12O2. The summed E-state index contributed by atoms with van der Waals surface area (Å²) in [4.78, 5) is 11.2. The third kappa shape index (κ3) is 2.43. The summed E-state index contributed by atoms with van der Waals surface area (Å²) < 4.78 is 4.97. The van der Waals surface area contributed by atoms with Gasteiger partial charge in [-0.25, -0.2) is 0 Å². The molecule has 0 bridgehead atoms. The highest BCUT2D eigenvalue weighted by molar-refractivity contribution is 5.95. The molecule has 2 heteroatoms. The van der Waals surface area contributed by atoms with Crippen molar-refractivity contribution in [2.24, 2.45) is 0 Å². The molecule has 0 spiro atoms. The predicted octanol–water partition coefficient (Wildman–Crippen LogP) is 1.66. The molecule has 2 nitrogen and oxygen atoms in total. The minimum Gasteiger partial charge on any atom is -0.488 e. The zero-order valence-electron chi connectivity index (χ0n) is 7.01. The van der Waals surface area contributed by atoms with Crippen molar-refractivity contribution in [2.75, 3.05) is 6.61 Å². The average Bonchev–Trinajstić information content (AvgIpc) is 2.09. The van der Waals surface area contributed by atoms with Gasteiger partial charge in [0, 0.05) is 12.0 Å². The van der Waals surface area contributed by atoms with E-state index in [1.807, 2.05) is 0 Å². The van der Waals surface area contributed by atoms with Crippen molar-refractivity contribution in [1.29, 1.82) is 0 Å². The molecule has 0 aliphatic heterocycles. The molecule has 64 valence electrons. The summed E-state index contributed by atoms with van der Waals surface area (Å²) in [6.07, 6.45) is 10.1. The van der Waals surface area contributed by atoms with Crippen LogP contribution in [0, 0.1) is 12.3 Å². The monoisotopic (exact) mass is 164 g/mol. The Labute approximate surface area is 72.6 Å². The Hall–Kier alpha value is -1.23. The van der Waals surface area contributed by atoms with Crippen LogP contribution in [0.4, 0.5) is 0 Å². The standard InChI is InChI=1S/C10H12O2/c1-2-7-12-8-9-5-3-4-6-10(9)11/h1,8H,3-7H2/b9-8-. The Morgan fingerprint density at radius 2 is 2.25 bits per heavy atom. The highest BCUT2D eigenvalue weighted by Gasteiger charge is 2.14. The summed E-state index contributed by atoms with van der Waals surface area (Å²) >= 11 is 0. The van der Waals surface area contributed by atoms with Crippen molar-refractivity contribution in [1.82, 2.24) is 0 Å². The van der Waals surface area contributed by atoms with Crippen LogP contribution in [0.1, 0.15) is 25.7 Å². The van der Waals surface area contributed by atoms with Gasteiger partial charge in [0.1, 0.15) is 6.61 Å². The molecule has 0 radical (unpaired) electrons. The van der Waals surface area contributed by atoms with Crippen LogP contribution < -0.4 is 0 Å². The highest BCUT2D eigenvalue weighted by atomic mass is 16.5. The van der Waals surface area contributed by atoms with Crippen molar-refractivity contribution in [3.63, 3.8) is 0 Å². The van der Waals surface area contributed by atoms with Gasteiger partial charge in [-0.3, -0.25) is 4.79 Å². The lowest BCUT2D eigenvalue weighted by atomic mass is 9.95. The molecule has 0 atom stereocenters. The van der Waals surface area contributed by atoms with E-state index in [2.05, 4.69) is 5.92 Å². The topological polar surface area (TPSA) is 26.3 Å². The van der Waals surface area contributed by atoms with E-state index in [0.717, 1.165) is 24.8 Å². The largest absolute Gasteiger partial charge is 0.488 e. The fourth-order valence-corrected chi connectivity index (χ4v) is 1.22. The normalized spacial score (nSPS) is 20.6. The first-order valence-electron chi connectivity index (χ1n) is 4.12. The number of ketones is 1. The molecule has 12 heavy (non-hydrogen) atoms. The predicted molar refractivity (Wildman–Crippen MR) is 46.3 cm³/mol. The maximum absolute atomic E-state index is 11.2. The van der Waals surface area contributed by atoms with Gasteiger partial charge in [0.2, 0.25) is 0 Å². The summed E-state index contributed by atoms with van der Waals surface area (Å²) in [6, 6.07) is 0. The van der Waals surface area contributed by atoms with Gasteiger partial charge in [-0.1, -0.05) is 5.92 Å². The zero-order chi connectivity index (χ0) is 8.81. The van der Waals surface area contributed by atoms with Crippen LogP contribution in [0.15, 0.2) is 11.8 Å². The minimum absolute atomic E-state index is 0.207. The van der Waals surface area contributed by atoms with Crippen LogP contribution in [0.5, 0.6) is 0 Å². The van der Waals surface area contributed by atoms with Gasteiger partial charge in [-0.05, 0) is 19.3 Å². The lowest BCUT2D eigenvalue weighted by Gasteiger charge is -2.11. The highest BCUT2D eigenvalue weighted by Crippen LogP contribution is 2.19. The van der Waals surface area contributed by atoms with Gasteiger partial charge in [0.15, 0.2) is 5.78 Å². The number of rotatable bonds is 2. The Bertz CT molecular complexity index is 233. The van der Waals surface area contributed by atoms with E-state index in [1.54, 1.807) is 0 Å². The smallest absolute Gasteiger partial charge is 0.161 e. The van der Waals surface area contributed by atoms with E-state index < -0.39 is 0 Å². The first kappa shape index (κ1) is 8.86. The second-order valence-electron chi connectivity index (χ2n) is 2.79. The van der Waals surface area contributed by atoms with Crippen molar-refractivity contribution in [3.05, 3.63) is 11.8 Å². The van der Waals surface area contributed by atoms with Gasteiger partial charge in [0.05, 0.1) is 6.26 Å². The first-order valence-corrected chi connectivity index (χ1v) is 4.12. The zero-order valence-corrected chi connectivity index (χ0v) is 7.01. The van der Waals surface area contributed by atoms with Gasteiger partial charge < -0.3 is 4.74 Å². The lowest BCUT2D eigenvalue weighted by molar-refractivity contribution is -0.116. The number of terminal acetylenes is 1. The van der Waals surface area contributed by atoms with Crippen LogP contribution in [0.2, 0.25) is 0 Å². The fourth-order valence-electron chi connectivity index (χ4n) is 1.22. The maximum atomic E-state index is 11.2. The fraction of sp³-hybridized carbons (Fsp3) is 0.500. The summed E-state index contributed by atoms with van der Waals surface area (Å²) in [5, 5.41) is 0. The van der Waals surface area contributed by atoms with Crippen LogP contribution >= 0.6 is 0 Å². The van der Waals surface area contributed by atoms with Crippen molar-refractivity contribution in [2.45, 2.75) is 25.7 Å². The molecule has 0 saturated heterocycles. The van der Waals surface area contributed by atoms with E-state index in [-0.39, 0.29) is 12.4 Å². The lowest BCUT2D eigenvalue weighted by Crippen LogP contribution is -2.08. The quantitative estimate of drug-likeness (QED) is 0.268. The van der Waals surface area contributed by atoms with E-state index in [0.29, 0.717) is 6.42 Å². The van der Waals surface area contributed by atoms with Gasteiger partial charge in [-0.2, -0.15) is 0 Å². The Morgan fingerprint density at radius 3 is 2.92 bits per heavy atom. The maximum Gasteiger partial charge on any atom is 0.161 e. The molecule has 1 saturated carbocycles. The van der Waals surface area contributed by atoms with Crippen LogP contribution in [-0.4, -0.2) is 12.4 Å². The summed E-state index contributed by atoms with van der Waals surface area (Å²) in [7, 11) is 0. The minimum atomic E-state index is 0.207. The molecule has 0 N–H and O–H groups in total. The van der Waals surface area contributed by atoms with E-state index in [4.69, 9.17) is 11.2 Å². The van der Waals surface area contributed by atoms with Crippen molar-refractivity contribution in [3.8, 4) is 12.3 Å². The average molecular weight is 164 g/mol. The molecule has 1 rings (SSSR count). The summed E-state index contributed by atoms with van der Waals surface area (Å²) in [6.45, 7) is 0.247. The van der Waals surface area contributed by atoms with Crippen LogP contribution in [0.3, 0.4) is 0 Å². The second-order valence-corrected chi connectivity index (χ2v) is 2.79. The molecule has 1 fully saturated rings. The molecule has 0 heterocycles. The SMILES string of the molecule is C#CCO/C=C1/CCCCC1=O. The number of allylic oxidation sites excluding steroid dienone is 1. The third-order valence-electron chi connectivity index (χ3n) is 1.85. The molecule has 0 aromatic rings. The Balaban J connectivity index is 2.43. The number of carbonyl (C=O) groups excluding carboxylic acids is 1. The summed E-state index contributed by atoms with van der Waals surface area (Å²) in [5.74, 6) is 2.55. The van der Waals surface area contributed by atoms with E-state index >= 15 is 0 Å². The van der Waals surface area contributed by atoms with Crippen LogP contribution in [0.25, 0.3) is 0 Å².